The third-order valence-corrected chi connectivity index (χ3v) is 6.85. The monoisotopic (exact) mass is 326 g/mol. The maximum atomic E-state index is 12.5. The summed E-state index contributed by atoms with van der Waals surface area (Å²) < 4.78 is 50.1. The van der Waals surface area contributed by atoms with Crippen LogP contribution in [0.1, 0.15) is 0 Å². The zero-order valence-electron chi connectivity index (χ0n) is 11.2. The largest absolute Gasteiger partial charge is 0.269 e. The molecular formula is C13H14N2O4S2. The van der Waals surface area contributed by atoms with Gasteiger partial charge in [-0.1, -0.05) is 36.4 Å². The summed E-state index contributed by atoms with van der Waals surface area (Å²) in [5.74, 6) is 0. The molecule has 112 valence electrons. The summed E-state index contributed by atoms with van der Waals surface area (Å²) in [6.45, 7) is 0. The van der Waals surface area contributed by atoms with Crippen LogP contribution in [0.15, 0.2) is 70.5 Å². The molecule has 0 aliphatic heterocycles. The standard InChI is InChI=1S/C13H14N2O4S2/c1-14-15(20(16,17)12-8-4-2-5-9-12)21(18,19)13-10-6-3-7-11-13/h2-11,14H,1H3. The Kier molecular flexibility index (Phi) is 4.43. The Morgan fingerprint density at radius 1 is 0.714 bits per heavy atom. The van der Waals surface area contributed by atoms with Gasteiger partial charge in [-0.25, -0.2) is 22.3 Å². The highest BCUT2D eigenvalue weighted by atomic mass is 32.3. The van der Waals surface area contributed by atoms with Crippen LogP contribution in [-0.4, -0.2) is 27.7 Å². The van der Waals surface area contributed by atoms with Crippen molar-refractivity contribution >= 4 is 20.0 Å². The van der Waals surface area contributed by atoms with Gasteiger partial charge in [-0.3, -0.25) is 0 Å². The first-order valence-corrected chi connectivity index (χ1v) is 8.87. The Bertz CT molecular complexity index is 734. The first-order chi connectivity index (χ1) is 9.90. The number of hydrazine groups is 1. The van der Waals surface area contributed by atoms with Crippen molar-refractivity contribution in [3.8, 4) is 0 Å². The molecule has 0 saturated carbocycles. The maximum absolute atomic E-state index is 12.5. The van der Waals surface area contributed by atoms with Crippen LogP contribution in [0.25, 0.3) is 0 Å². The molecule has 0 aromatic heterocycles. The zero-order valence-corrected chi connectivity index (χ0v) is 12.8. The van der Waals surface area contributed by atoms with Crippen molar-refractivity contribution in [1.29, 1.82) is 0 Å². The first kappa shape index (κ1) is 15.6. The normalized spacial score (nSPS) is 12.5. The van der Waals surface area contributed by atoms with E-state index in [0.29, 0.717) is 0 Å². The average molecular weight is 326 g/mol. The minimum Gasteiger partial charge on any atom is -0.230 e. The van der Waals surface area contributed by atoms with Gasteiger partial charge in [-0.15, -0.1) is 0 Å². The van der Waals surface area contributed by atoms with Crippen LogP contribution < -0.4 is 5.43 Å². The van der Waals surface area contributed by atoms with Gasteiger partial charge in [0.25, 0.3) is 20.0 Å². The van der Waals surface area contributed by atoms with E-state index in [1.165, 1.54) is 55.6 Å². The fourth-order valence-electron chi connectivity index (χ4n) is 1.75. The van der Waals surface area contributed by atoms with Crippen LogP contribution in [0.3, 0.4) is 0 Å². The second kappa shape index (κ2) is 5.94. The number of benzene rings is 2. The van der Waals surface area contributed by atoms with E-state index < -0.39 is 20.0 Å². The summed E-state index contributed by atoms with van der Waals surface area (Å²) >= 11 is 0. The minimum absolute atomic E-state index is 0.112. The van der Waals surface area contributed by atoms with Gasteiger partial charge in [-0.05, 0) is 28.1 Å². The molecule has 2 rings (SSSR count). The Hall–Kier alpha value is -1.74. The number of hydrogen-bond donors (Lipinski definition) is 1. The molecule has 8 heteroatoms. The molecule has 0 amide bonds. The van der Waals surface area contributed by atoms with E-state index in [2.05, 4.69) is 5.43 Å². The third-order valence-electron chi connectivity index (χ3n) is 2.70. The Labute approximate surface area is 124 Å². The van der Waals surface area contributed by atoms with Crippen molar-refractivity contribution in [2.45, 2.75) is 9.79 Å². The van der Waals surface area contributed by atoms with Crippen LogP contribution in [0.5, 0.6) is 0 Å². The minimum atomic E-state index is -4.22. The van der Waals surface area contributed by atoms with Gasteiger partial charge in [0.1, 0.15) is 0 Å². The van der Waals surface area contributed by atoms with E-state index in [1.54, 1.807) is 12.1 Å². The van der Waals surface area contributed by atoms with Crippen molar-refractivity contribution in [2.75, 3.05) is 7.05 Å². The van der Waals surface area contributed by atoms with E-state index in [1.807, 2.05) is 0 Å². The Morgan fingerprint density at radius 2 is 1.05 bits per heavy atom. The molecule has 0 heterocycles. The van der Waals surface area contributed by atoms with Crippen molar-refractivity contribution in [3.05, 3.63) is 60.7 Å². The smallest absolute Gasteiger partial charge is 0.230 e. The van der Waals surface area contributed by atoms with Gasteiger partial charge >= 0.3 is 0 Å². The number of sulfonamides is 2. The van der Waals surface area contributed by atoms with Crippen molar-refractivity contribution < 1.29 is 16.8 Å². The van der Waals surface area contributed by atoms with E-state index in [4.69, 9.17) is 0 Å². The molecule has 21 heavy (non-hydrogen) atoms. The lowest BCUT2D eigenvalue weighted by Gasteiger charge is -2.20. The van der Waals surface area contributed by atoms with E-state index in [-0.39, 0.29) is 13.6 Å². The summed E-state index contributed by atoms with van der Waals surface area (Å²) in [5.41, 5.74) is 2.24. The molecule has 0 saturated heterocycles. The second-order valence-electron chi connectivity index (χ2n) is 4.06. The Morgan fingerprint density at radius 3 is 1.33 bits per heavy atom. The predicted molar refractivity (Wildman–Crippen MR) is 78.2 cm³/mol. The summed E-state index contributed by atoms with van der Waals surface area (Å²) in [4.78, 5) is -0.224. The highest BCUT2D eigenvalue weighted by Crippen LogP contribution is 2.21. The fourth-order valence-corrected chi connectivity index (χ4v) is 5.16. The van der Waals surface area contributed by atoms with Gasteiger partial charge in [0.15, 0.2) is 0 Å². The van der Waals surface area contributed by atoms with Crippen molar-refractivity contribution in [3.63, 3.8) is 0 Å². The lowest BCUT2D eigenvalue weighted by molar-refractivity contribution is 0.453. The predicted octanol–water partition coefficient (Wildman–Crippen LogP) is 1.20. The molecule has 2 aromatic carbocycles. The highest BCUT2D eigenvalue weighted by molar-refractivity contribution is 8.04. The molecule has 0 aliphatic rings. The topological polar surface area (TPSA) is 83.6 Å². The molecule has 2 aromatic rings. The summed E-state index contributed by atoms with van der Waals surface area (Å²) in [5, 5.41) is 0. The van der Waals surface area contributed by atoms with Gasteiger partial charge < -0.3 is 0 Å². The number of rotatable bonds is 5. The number of nitrogens with one attached hydrogen (secondary N) is 1. The third kappa shape index (κ3) is 2.98. The van der Waals surface area contributed by atoms with Gasteiger partial charge in [0.05, 0.1) is 9.79 Å². The summed E-state index contributed by atoms with van der Waals surface area (Å²) in [6.07, 6.45) is 0. The quantitative estimate of drug-likeness (QED) is 0.835. The highest BCUT2D eigenvalue weighted by Gasteiger charge is 2.35. The fraction of sp³-hybridized carbons (Fsp3) is 0.0769. The Balaban J connectivity index is 2.55. The SMILES string of the molecule is CNN(S(=O)(=O)c1ccccc1)S(=O)(=O)c1ccccc1. The second-order valence-corrected chi connectivity index (χ2v) is 7.86. The lowest BCUT2D eigenvalue weighted by atomic mass is 10.4. The van der Waals surface area contributed by atoms with Crippen LogP contribution in [0.2, 0.25) is 0 Å². The van der Waals surface area contributed by atoms with Crippen molar-refractivity contribution in [1.82, 2.24) is 9.25 Å². The molecule has 0 atom stereocenters. The average Bonchev–Trinajstić information content (AvgIpc) is 2.49. The maximum Gasteiger partial charge on any atom is 0.269 e. The lowest BCUT2D eigenvalue weighted by Crippen LogP contribution is -2.44. The van der Waals surface area contributed by atoms with Crippen LogP contribution in [0.4, 0.5) is 0 Å². The zero-order chi connectivity index (χ0) is 15.5. The molecular weight excluding hydrogens is 312 g/mol. The molecule has 1 N–H and O–H groups in total. The molecule has 0 radical (unpaired) electrons. The van der Waals surface area contributed by atoms with Crippen LogP contribution >= 0.6 is 0 Å². The van der Waals surface area contributed by atoms with Crippen molar-refractivity contribution in [2.24, 2.45) is 0 Å². The number of nitrogens with zero attached hydrogens (tertiary/aromatic N) is 1. The van der Waals surface area contributed by atoms with Gasteiger partial charge in [-0.2, -0.15) is 0 Å². The van der Waals surface area contributed by atoms with Gasteiger partial charge in [0, 0.05) is 7.05 Å². The molecule has 0 spiro atoms. The van der Waals surface area contributed by atoms with E-state index in [9.17, 15) is 16.8 Å². The number of hydrogen-bond acceptors (Lipinski definition) is 5. The molecule has 0 fully saturated rings. The molecule has 6 nitrogen and oxygen atoms in total. The first-order valence-electron chi connectivity index (χ1n) is 5.99. The van der Waals surface area contributed by atoms with Crippen LogP contribution in [0, 0.1) is 0 Å². The van der Waals surface area contributed by atoms with Crippen LogP contribution in [-0.2, 0) is 20.0 Å². The van der Waals surface area contributed by atoms with E-state index in [0.717, 1.165) is 0 Å². The molecule has 0 unspecified atom stereocenters. The molecule has 0 bridgehead atoms. The summed E-state index contributed by atoms with van der Waals surface area (Å²) in [7, 11) is -7.21. The molecule has 0 aliphatic carbocycles. The van der Waals surface area contributed by atoms with E-state index >= 15 is 0 Å². The summed E-state index contributed by atoms with van der Waals surface area (Å²) in [6, 6.07) is 14.7. The van der Waals surface area contributed by atoms with Gasteiger partial charge in [0.2, 0.25) is 0 Å².